The van der Waals surface area contributed by atoms with Gasteiger partial charge in [0.25, 0.3) is 0 Å². The van der Waals surface area contributed by atoms with E-state index in [2.05, 4.69) is 52.1 Å². The molecule has 0 saturated carbocycles. The zero-order chi connectivity index (χ0) is 19.8. The van der Waals surface area contributed by atoms with Gasteiger partial charge in [0.15, 0.2) is 0 Å². The molecule has 0 bridgehead atoms. The molecule has 2 heterocycles. The summed E-state index contributed by atoms with van der Waals surface area (Å²) < 4.78 is 5.50. The van der Waals surface area contributed by atoms with Crippen LogP contribution in [-0.2, 0) is 16.0 Å². The number of hydrogen-bond acceptors (Lipinski definition) is 5. The number of benzene rings is 1. The molecule has 3 rings (SSSR count). The van der Waals surface area contributed by atoms with E-state index >= 15 is 0 Å². The Balaban J connectivity index is 1.47. The maximum Gasteiger partial charge on any atom is 0.236 e. The Bertz CT molecular complexity index is 729. The highest BCUT2D eigenvalue weighted by Crippen LogP contribution is 2.25. The Morgan fingerprint density at radius 1 is 1.21 bits per heavy atom. The molecule has 1 aromatic heterocycles. The maximum atomic E-state index is 12.5. The smallest absolute Gasteiger partial charge is 0.236 e. The molecular weight excluding hydrogens is 370 g/mol. The maximum absolute atomic E-state index is 12.5. The van der Waals surface area contributed by atoms with Crippen molar-refractivity contribution in [1.29, 1.82) is 0 Å². The van der Waals surface area contributed by atoms with Crippen LogP contribution in [0.5, 0.6) is 0 Å². The summed E-state index contributed by atoms with van der Waals surface area (Å²) in [6.07, 6.45) is 0.858. The third-order valence-corrected chi connectivity index (χ3v) is 6.30. The normalized spacial score (nSPS) is 17.2. The molecule has 2 aromatic rings. The Kier molecular flexibility index (Phi) is 8.03. The van der Waals surface area contributed by atoms with Gasteiger partial charge >= 0.3 is 0 Å². The highest BCUT2D eigenvalue weighted by molar-refractivity contribution is 7.10. The van der Waals surface area contributed by atoms with Crippen molar-refractivity contribution >= 4 is 17.2 Å². The van der Waals surface area contributed by atoms with Crippen LogP contribution in [0.1, 0.15) is 29.0 Å². The first-order valence-electron chi connectivity index (χ1n) is 10.1. The Morgan fingerprint density at radius 3 is 2.71 bits per heavy atom. The summed E-state index contributed by atoms with van der Waals surface area (Å²) in [4.78, 5) is 16.3. The third-order valence-electron chi connectivity index (χ3n) is 5.32. The van der Waals surface area contributed by atoms with Gasteiger partial charge in [0.1, 0.15) is 0 Å². The molecule has 28 heavy (non-hydrogen) atoms. The van der Waals surface area contributed by atoms with Crippen molar-refractivity contribution in [2.75, 3.05) is 39.4 Å². The highest BCUT2D eigenvalue weighted by atomic mass is 32.1. The van der Waals surface area contributed by atoms with Crippen molar-refractivity contribution in [3.8, 4) is 0 Å². The van der Waals surface area contributed by atoms with Gasteiger partial charge in [-0.05, 0) is 42.8 Å². The minimum atomic E-state index is -0.222. The molecule has 152 valence electrons. The first-order valence-corrected chi connectivity index (χ1v) is 10.9. The van der Waals surface area contributed by atoms with Gasteiger partial charge in [0.05, 0.1) is 25.3 Å². The van der Waals surface area contributed by atoms with E-state index in [1.807, 2.05) is 19.1 Å². The number of thiophene rings is 1. The monoisotopic (exact) mass is 401 g/mol. The van der Waals surface area contributed by atoms with E-state index in [0.29, 0.717) is 6.54 Å². The third kappa shape index (κ3) is 5.88. The van der Waals surface area contributed by atoms with Crippen LogP contribution in [0.4, 0.5) is 0 Å². The van der Waals surface area contributed by atoms with Gasteiger partial charge in [0.2, 0.25) is 5.91 Å². The Morgan fingerprint density at radius 2 is 2.00 bits per heavy atom. The van der Waals surface area contributed by atoms with Gasteiger partial charge in [-0.1, -0.05) is 30.3 Å². The summed E-state index contributed by atoms with van der Waals surface area (Å²) >= 11 is 1.77. The fraction of sp³-hybridized carbons (Fsp3) is 0.500. The zero-order valence-corrected chi connectivity index (χ0v) is 17.6. The first kappa shape index (κ1) is 21.0. The van der Waals surface area contributed by atoms with E-state index in [1.54, 1.807) is 11.3 Å². The molecule has 1 saturated heterocycles. The molecule has 1 aliphatic rings. The fourth-order valence-corrected chi connectivity index (χ4v) is 4.39. The molecule has 2 atom stereocenters. The van der Waals surface area contributed by atoms with E-state index in [9.17, 15) is 4.79 Å². The molecule has 0 spiro atoms. The minimum absolute atomic E-state index is 0.0560. The van der Waals surface area contributed by atoms with Crippen LogP contribution in [0.2, 0.25) is 0 Å². The second kappa shape index (κ2) is 10.7. The number of hydrogen-bond donors (Lipinski definition) is 2. The molecule has 1 fully saturated rings. The Labute approximate surface area is 172 Å². The second-order valence-corrected chi connectivity index (χ2v) is 8.26. The summed E-state index contributed by atoms with van der Waals surface area (Å²) in [5.74, 6) is 0.0560. The van der Waals surface area contributed by atoms with Crippen LogP contribution in [0.15, 0.2) is 41.8 Å². The van der Waals surface area contributed by atoms with Crippen molar-refractivity contribution < 1.29 is 9.53 Å². The lowest BCUT2D eigenvalue weighted by atomic mass is 10.1. The van der Waals surface area contributed by atoms with Gasteiger partial charge < -0.3 is 15.4 Å². The summed E-state index contributed by atoms with van der Waals surface area (Å²) in [6.45, 7) is 8.88. The molecule has 2 unspecified atom stereocenters. The number of nitrogens with zero attached hydrogens (tertiary/aromatic N) is 1. The zero-order valence-electron chi connectivity index (χ0n) is 16.8. The molecular formula is C22H31N3O2S. The predicted octanol–water partition coefficient (Wildman–Crippen LogP) is 2.77. The molecule has 1 aliphatic heterocycles. The van der Waals surface area contributed by atoms with Crippen molar-refractivity contribution in [2.24, 2.45) is 0 Å². The van der Waals surface area contributed by atoms with Gasteiger partial charge in [-0.15, -0.1) is 11.3 Å². The van der Waals surface area contributed by atoms with E-state index in [1.165, 1.54) is 16.0 Å². The fourth-order valence-electron chi connectivity index (χ4n) is 3.52. The minimum Gasteiger partial charge on any atom is -0.379 e. The van der Waals surface area contributed by atoms with E-state index in [4.69, 9.17) is 4.74 Å². The summed E-state index contributed by atoms with van der Waals surface area (Å²) in [7, 11) is 0. The van der Waals surface area contributed by atoms with Crippen molar-refractivity contribution in [1.82, 2.24) is 15.5 Å². The number of nitrogens with one attached hydrogen (secondary N) is 2. The second-order valence-electron chi connectivity index (χ2n) is 7.28. The highest BCUT2D eigenvalue weighted by Gasteiger charge is 2.24. The molecule has 2 N–H and O–H groups in total. The lowest BCUT2D eigenvalue weighted by Crippen LogP contribution is -2.48. The van der Waals surface area contributed by atoms with Crippen LogP contribution in [0, 0.1) is 6.92 Å². The number of amides is 1. The lowest BCUT2D eigenvalue weighted by Gasteiger charge is -2.34. The molecule has 0 radical (unpaired) electrons. The van der Waals surface area contributed by atoms with E-state index in [-0.39, 0.29) is 18.0 Å². The van der Waals surface area contributed by atoms with Crippen molar-refractivity contribution in [3.05, 3.63) is 57.8 Å². The van der Waals surface area contributed by atoms with Crippen LogP contribution < -0.4 is 10.6 Å². The molecule has 5 nitrogen and oxygen atoms in total. The topological polar surface area (TPSA) is 53.6 Å². The van der Waals surface area contributed by atoms with Crippen LogP contribution in [-0.4, -0.2) is 56.2 Å². The lowest BCUT2D eigenvalue weighted by molar-refractivity contribution is -0.122. The number of aryl methyl sites for hydroxylation is 1. The van der Waals surface area contributed by atoms with Gasteiger partial charge in [-0.3, -0.25) is 9.69 Å². The van der Waals surface area contributed by atoms with E-state index in [0.717, 1.165) is 39.3 Å². The quantitative estimate of drug-likeness (QED) is 0.678. The molecule has 1 aromatic carbocycles. The van der Waals surface area contributed by atoms with Crippen molar-refractivity contribution in [3.63, 3.8) is 0 Å². The largest absolute Gasteiger partial charge is 0.379 e. The average Bonchev–Trinajstić information content (AvgIpc) is 3.24. The van der Waals surface area contributed by atoms with Gasteiger partial charge in [-0.25, -0.2) is 0 Å². The molecule has 0 aliphatic carbocycles. The number of ether oxygens (including phenoxy) is 1. The Hall–Kier alpha value is -1.73. The SMILES string of the molecule is Cc1ccccc1CCNC(=O)C(C)NCC(c1cccs1)N1CCOCC1. The number of carbonyl (C=O) groups is 1. The van der Waals surface area contributed by atoms with Gasteiger partial charge in [0, 0.05) is 31.1 Å². The standard InChI is InChI=1S/C22H31N3O2S/c1-17-6-3-4-7-19(17)9-10-23-22(26)18(2)24-16-20(21-8-5-15-28-21)25-11-13-27-14-12-25/h3-8,15,18,20,24H,9-14,16H2,1-2H3,(H,23,26). The number of morpholine rings is 1. The average molecular weight is 402 g/mol. The summed E-state index contributed by atoms with van der Waals surface area (Å²) in [6, 6.07) is 12.7. The molecule has 1 amide bonds. The number of carbonyl (C=O) groups excluding carboxylic acids is 1. The summed E-state index contributed by atoms with van der Waals surface area (Å²) in [5.41, 5.74) is 2.56. The van der Waals surface area contributed by atoms with Gasteiger partial charge in [-0.2, -0.15) is 0 Å². The first-order chi connectivity index (χ1) is 13.6. The van der Waals surface area contributed by atoms with Crippen LogP contribution in [0.25, 0.3) is 0 Å². The van der Waals surface area contributed by atoms with Crippen LogP contribution >= 0.6 is 11.3 Å². The number of rotatable bonds is 9. The predicted molar refractivity (Wildman–Crippen MR) is 115 cm³/mol. The van der Waals surface area contributed by atoms with Crippen LogP contribution in [0.3, 0.4) is 0 Å². The summed E-state index contributed by atoms with van der Waals surface area (Å²) in [5, 5.41) is 8.62. The molecule has 6 heteroatoms. The van der Waals surface area contributed by atoms with E-state index < -0.39 is 0 Å². The van der Waals surface area contributed by atoms with Crippen molar-refractivity contribution in [2.45, 2.75) is 32.4 Å².